The fourth-order valence-electron chi connectivity index (χ4n) is 5.04. The van der Waals surface area contributed by atoms with Crippen molar-refractivity contribution >= 4 is 21.8 Å². The van der Waals surface area contributed by atoms with E-state index in [4.69, 9.17) is 0 Å². The molecule has 2 aromatic carbocycles. The maximum atomic E-state index is 9.98. The number of fused-ring (bicyclic) bond motifs is 4. The van der Waals surface area contributed by atoms with Gasteiger partial charge in [0.25, 0.3) is 0 Å². The van der Waals surface area contributed by atoms with Crippen molar-refractivity contribution in [2.75, 3.05) is 19.6 Å². The van der Waals surface area contributed by atoms with Crippen LogP contribution >= 0.6 is 0 Å². The molecule has 0 saturated carbocycles. The van der Waals surface area contributed by atoms with Gasteiger partial charge in [0, 0.05) is 67.1 Å². The second-order valence-corrected chi connectivity index (χ2v) is 8.20. The number of aromatic nitrogens is 1. The minimum absolute atomic E-state index is 0.140. The highest BCUT2D eigenvalue weighted by molar-refractivity contribution is 6.08. The molecule has 4 heteroatoms. The first-order chi connectivity index (χ1) is 12.6. The van der Waals surface area contributed by atoms with Gasteiger partial charge in [0.05, 0.1) is 6.10 Å². The minimum atomic E-state index is -0.140. The van der Waals surface area contributed by atoms with Crippen molar-refractivity contribution in [3.63, 3.8) is 0 Å². The van der Waals surface area contributed by atoms with Gasteiger partial charge < -0.3 is 9.67 Å². The predicted molar refractivity (Wildman–Crippen MR) is 106 cm³/mol. The third-order valence-corrected chi connectivity index (χ3v) is 6.44. The molecule has 4 nitrogen and oxygen atoms in total. The Balaban J connectivity index is 1.44. The standard InChI is InChI=1S/C22H27N3O/c1-15-11-25-14-18(26)10-17(25)13-24(15)12-16-7-8-20-19-5-3-4-6-21(19)23(2)22(20)9-16/h3-9,15,17-18,26H,10-14H2,1-2H3/t15-,17-,18-/m1/s1. The molecule has 136 valence electrons. The molecule has 0 radical (unpaired) electrons. The van der Waals surface area contributed by atoms with Crippen molar-refractivity contribution in [3.8, 4) is 0 Å². The number of benzene rings is 2. The molecule has 0 amide bonds. The highest BCUT2D eigenvalue weighted by Gasteiger charge is 2.37. The first kappa shape index (κ1) is 16.3. The summed E-state index contributed by atoms with van der Waals surface area (Å²) in [6.45, 7) is 6.28. The molecule has 1 N–H and O–H groups in total. The molecular weight excluding hydrogens is 322 g/mol. The van der Waals surface area contributed by atoms with Crippen LogP contribution in [0.4, 0.5) is 0 Å². The molecule has 2 aliphatic heterocycles. The van der Waals surface area contributed by atoms with Crippen LogP contribution in [0.25, 0.3) is 21.8 Å². The van der Waals surface area contributed by atoms with E-state index < -0.39 is 0 Å². The van der Waals surface area contributed by atoms with Crippen LogP contribution in [0.15, 0.2) is 42.5 Å². The number of aliphatic hydroxyl groups excluding tert-OH is 1. The van der Waals surface area contributed by atoms with E-state index in [1.54, 1.807) is 0 Å². The Morgan fingerprint density at radius 1 is 1.00 bits per heavy atom. The molecule has 5 rings (SSSR count). The molecule has 2 aliphatic rings. The number of rotatable bonds is 2. The van der Waals surface area contributed by atoms with Crippen molar-refractivity contribution in [1.29, 1.82) is 0 Å². The van der Waals surface area contributed by atoms with E-state index in [2.05, 4.69) is 70.8 Å². The van der Waals surface area contributed by atoms with Gasteiger partial charge in [-0.2, -0.15) is 0 Å². The lowest BCUT2D eigenvalue weighted by atomic mass is 10.1. The summed E-state index contributed by atoms with van der Waals surface area (Å²) in [7, 11) is 2.16. The third-order valence-electron chi connectivity index (χ3n) is 6.44. The van der Waals surface area contributed by atoms with Gasteiger partial charge in [-0.1, -0.05) is 30.3 Å². The smallest absolute Gasteiger partial charge is 0.0682 e. The topological polar surface area (TPSA) is 31.6 Å². The summed E-state index contributed by atoms with van der Waals surface area (Å²) in [6, 6.07) is 16.6. The molecule has 3 heterocycles. The zero-order valence-corrected chi connectivity index (χ0v) is 15.6. The first-order valence-corrected chi connectivity index (χ1v) is 9.72. The van der Waals surface area contributed by atoms with Crippen molar-refractivity contribution in [2.24, 2.45) is 7.05 Å². The second-order valence-electron chi connectivity index (χ2n) is 8.20. The first-order valence-electron chi connectivity index (χ1n) is 9.72. The van der Waals surface area contributed by atoms with Crippen molar-refractivity contribution < 1.29 is 5.11 Å². The Kier molecular flexibility index (Phi) is 3.82. The SMILES string of the molecule is C[C@@H]1CN2C[C@H](O)C[C@@H]2CN1Cc1ccc2c3ccccc3n(C)c2c1. The van der Waals surface area contributed by atoms with Crippen LogP contribution in [0, 0.1) is 0 Å². The zero-order valence-electron chi connectivity index (χ0n) is 15.6. The van der Waals surface area contributed by atoms with E-state index in [1.165, 1.54) is 27.4 Å². The average Bonchev–Trinajstić information content (AvgIpc) is 3.13. The number of piperazine rings is 1. The number of aliphatic hydroxyl groups is 1. The Morgan fingerprint density at radius 2 is 1.81 bits per heavy atom. The van der Waals surface area contributed by atoms with Crippen LogP contribution in [-0.2, 0) is 13.6 Å². The Hall–Kier alpha value is -1.88. The maximum absolute atomic E-state index is 9.98. The Bertz CT molecular complexity index is 963. The number of hydrogen-bond donors (Lipinski definition) is 1. The zero-order chi connectivity index (χ0) is 17.8. The Morgan fingerprint density at radius 3 is 2.69 bits per heavy atom. The molecule has 26 heavy (non-hydrogen) atoms. The predicted octanol–water partition coefficient (Wildman–Crippen LogP) is 2.97. The van der Waals surface area contributed by atoms with E-state index in [9.17, 15) is 5.11 Å². The van der Waals surface area contributed by atoms with Crippen LogP contribution < -0.4 is 0 Å². The summed E-state index contributed by atoms with van der Waals surface area (Å²) < 4.78 is 2.31. The van der Waals surface area contributed by atoms with Crippen LogP contribution in [-0.4, -0.2) is 57.3 Å². The summed E-state index contributed by atoms with van der Waals surface area (Å²) in [6.07, 6.45) is 0.783. The lowest BCUT2D eigenvalue weighted by Gasteiger charge is -2.42. The second kappa shape index (κ2) is 6.08. The molecule has 3 atom stereocenters. The fraction of sp³-hybridized carbons (Fsp3) is 0.455. The van der Waals surface area contributed by atoms with Gasteiger partial charge in [-0.3, -0.25) is 9.80 Å². The number of nitrogens with zero attached hydrogens (tertiary/aromatic N) is 3. The van der Waals surface area contributed by atoms with E-state index in [1.807, 2.05) is 0 Å². The number of hydrogen-bond acceptors (Lipinski definition) is 3. The monoisotopic (exact) mass is 349 g/mol. The normalized spacial score (nSPS) is 27.4. The molecule has 2 fully saturated rings. The lowest BCUT2D eigenvalue weighted by Crippen LogP contribution is -2.54. The summed E-state index contributed by atoms with van der Waals surface area (Å²) in [5, 5.41) is 12.6. The quantitative estimate of drug-likeness (QED) is 0.772. The highest BCUT2D eigenvalue weighted by atomic mass is 16.3. The van der Waals surface area contributed by atoms with Gasteiger partial charge in [-0.05, 0) is 31.0 Å². The van der Waals surface area contributed by atoms with E-state index >= 15 is 0 Å². The van der Waals surface area contributed by atoms with Crippen LogP contribution in [0.3, 0.4) is 0 Å². The van der Waals surface area contributed by atoms with Gasteiger partial charge in [0.1, 0.15) is 0 Å². The van der Waals surface area contributed by atoms with Gasteiger partial charge in [-0.25, -0.2) is 0 Å². The summed E-state index contributed by atoms with van der Waals surface area (Å²) in [4.78, 5) is 5.06. The lowest BCUT2D eigenvalue weighted by molar-refractivity contribution is 0.0529. The molecule has 2 saturated heterocycles. The van der Waals surface area contributed by atoms with Crippen LogP contribution in [0.5, 0.6) is 0 Å². The Labute approximate surface area is 154 Å². The summed E-state index contributed by atoms with van der Waals surface area (Å²) in [5.74, 6) is 0. The van der Waals surface area contributed by atoms with Crippen LogP contribution in [0.2, 0.25) is 0 Å². The maximum Gasteiger partial charge on any atom is 0.0682 e. The highest BCUT2D eigenvalue weighted by Crippen LogP contribution is 2.30. The largest absolute Gasteiger partial charge is 0.392 e. The van der Waals surface area contributed by atoms with E-state index in [0.29, 0.717) is 12.1 Å². The summed E-state index contributed by atoms with van der Waals surface area (Å²) >= 11 is 0. The summed E-state index contributed by atoms with van der Waals surface area (Å²) in [5.41, 5.74) is 3.98. The fourth-order valence-corrected chi connectivity index (χ4v) is 5.04. The van der Waals surface area contributed by atoms with Gasteiger partial charge in [-0.15, -0.1) is 0 Å². The number of para-hydroxylation sites is 1. The van der Waals surface area contributed by atoms with Gasteiger partial charge >= 0.3 is 0 Å². The molecule has 0 bridgehead atoms. The van der Waals surface area contributed by atoms with Crippen molar-refractivity contribution in [2.45, 2.75) is 38.1 Å². The third kappa shape index (κ3) is 2.56. The minimum Gasteiger partial charge on any atom is -0.392 e. The molecule has 0 spiro atoms. The number of aryl methyl sites for hydroxylation is 1. The van der Waals surface area contributed by atoms with Gasteiger partial charge in [0.15, 0.2) is 0 Å². The van der Waals surface area contributed by atoms with Crippen LogP contribution in [0.1, 0.15) is 18.9 Å². The molecule has 0 aliphatic carbocycles. The molecule has 0 unspecified atom stereocenters. The van der Waals surface area contributed by atoms with Gasteiger partial charge in [0.2, 0.25) is 0 Å². The molecule has 1 aromatic heterocycles. The van der Waals surface area contributed by atoms with Crippen molar-refractivity contribution in [1.82, 2.24) is 14.4 Å². The van der Waals surface area contributed by atoms with Crippen molar-refractivity contribution in [3.05, 3.63) is 48.0 Å². The molecular formula is C22H27N3O. The average molecular weight is 349 g/mol. The molecule has 3 aromatic rings. The van der Waals surface area contributed by atoms with E-state index in [-0.39, 0.29) is 6.10 Å². The van der Waals surface area contributed by atoms with E-state index in [0.717, 1.165) is 32.6 Å².